The van der Waals surface area contributed by atoms with Gasteiger partial charge in [-0.2, -0.15) is 0 Å². The van der Waals surface area contributed by atoms with Crippen LogP contribution in [0, 0.1) is 0 Å². The van der Waals surface area contributed by atoms with Crippen molar-refractivity contribution in [3.63, 3.8) is 0 Å². The molecule has 0 saturated heterocycles. The van der Waals surface area contributed by atoms with Gasteiger partial charge in [0.05, 0.1) is 20.2 Å². The highest BCUT2D eigenvalue weighted by Crippen LogP contribution is 2.26. The van der Waals surface area contributed by atoms with Crippen molar-refractivity contribution in [2.75, 3.05) is 43.5 Å². The Labute approximate surface area is 166 Å². The summed E-state index contributed by atoms with van der Waals surface area (Å²) in [7, 11) is 1.59. The molecular formula is C22H27N3O3. The van der Waals surface area contributed by atoms with E-state index in [1.54, 1.807) is 13.2 Å². The molecule has 6 heteroatoms. The van der Waals surface area contributed by atoms with Gasteiger partial charge in [-0.05, 0) is 43.1 Å². The second kappa shape index (κ2) is 9.37. The number of nitrogens with zero attached hydrogens (tertiary/aromatic N) is 2. The van der Waals surface area contributed by atoms with Crippen LogP contribution in [-0.4, -0.2) is 50.0 Å². The van der Waals surface area contributed by atoms with E-state index in [4.69, 9.17) is 4.74 Å². The number of ether oxygens (including phenoxy) is 1. The second-order valence-corrected chi connectivity index (χ2v) is 6.86. The van der Waals surface area contributed by atoms with Crippen LogP contribution in [0.15, 0.2) is 48.5 Å². The summed E-state index contributed by atoms with van der Waals surface area (Å²) in [6, 6.07) is 15.3. The summed E-state index contributed by atoms with van der Waals surface area (Å²) in [5.41, 5.74) is 2.88. The molecule has 28 heavy (non-hydrogen) atoms. The summed E-state index contributed by atoms with van der Waals surface area (Å²) >= 11 is 0. The number of hydrogen-bond acceptors (Lipinski definition) is 4. The minimum Gasteiger partial charge on any atom is -0.497 e. The zero-order valence-corrected chi connectivity index (χ0v) is 16.5. The van der Waals surface area contributed by atoms with Gasteiger partial charge >= 0.3 is 0 Å². The van der Waals surface area contributed by atoms with E-state index in [0.29, 0.717) is 18.0 Å². The average molecular weight is 381 g/mol. The van der Waals surface area contributed by atoms with Gasteiger partial charge in [-0.1, -0.05) is 31.2 Å². The van der Waals surface area contributed by atoms with E-state index >= 15 is 0 Å². The maximum atomic E-state index is 12.9. The van der Waals surface area contributed by atoms with Gasteiger partial charge in [-0.15, -0.1) is 0 Å². The summed E-state index contributed by atoms with van der Waals surface area (Å²) in [5, 5.41) is 2.86. The van der Waals surface area contributed by atoms with E-state index in [9.17, 15) is 9.59 Å². The van der Waals surface area contributed by atoms with Crippen molar-refractivity contribution in [2.24, 2.45) is 0 Å². The zero-order chi connectivity index (χ0) is 19.9. The molecule has 0 saturated carbocycles. The molecule has 2 aromatic carbocycles. The first kappa shape index (κ1) is 19.9. The fraction of sp³-hybridized carbons (Fsp3) is 0.364. The molecule has 0 aromatic heterocycles. The Bertz CT molecular complexity index is 837. The minimum atomic E-state index is -0.151. The number of aryl methyl sites for hydroxylation is 1. The van der Waals surface area contributed by atoms with Gasteiger partial charge in [0.2, 0.25) is 11.8 Å². The highest BCUT2D eigenvalue weighted by molar-refractivity contribution is 5.97. The monoisotopic (exact) mass is 381 g/mol. The van der Waals surface area contributed by atoms with Crippen LogP contribution in [0.25, 0.3) is 0 Å². The number of nitrogens with one attached hydrogen (secondary N) is 1. The van der Waals surface area contributed by atoms with Gasteiger partial charge in [-0.25, -0.2) is 0 Å². The molecule has 0 aliphatic carbocycles. The number of anilines is 2. The number of benzene rings is 2. The van der Waals surface area contributed by atoms with Crippen LogP contribution in [0.1, 0.15) is 18.9 Å². The lowest BCUT2D eigenvalue weighted by Gasteiger charge is -2.31. The third-order valence-electron chi connectivity index (χ3n) is 4.94. The molecule has 1 aliphatic heterocycles. The summed E-state index contributed by atoms with van der Waals surface area (Å²) in [4.78, 5) is 29.0. The van der Waals surface area contributed by atoms with Crippen LogP contribution < -0.4 is 15.0 Å². The van der Waals surface area contributed by atoms with E-state index in [-0.39, 0.29) is 24.9 Å². The van der Waals surface area contributed by atoms with Crippen LogP contribution in [-0.2, 0) is 16.0 Å². The quantitative estimate of drug-likeness (QED) is 0.801. The lowest BCUT2D eigenvalue weighted by atomic mass is 10.0. The van der Waals surface area contributed by atoms with Crippen molar-refractivity contribution in [3.05, 3.63) is 54.1 Å². The van der Waals surface area contributed by atoms with E-state index in [1.807, 2.05) is 53.1 Å². The number of amides is 2. The molecule has 1 heterocycles. The predicted molar refractivity (Wildman–Crippen MR) is 111 cm³/mol. The van der Waals surface area contributed by atoms with Crippen LogP contribution in [0.2, 0.25) is 0 Å². The molecule has 0 atom stereocenters. The largest absolute Gasteiger partial charge is 0.497 e. The molecule has 1 aliphatic rings. The highest BCUT2D eigenvalue weighted by atomic mass is 16.5. The first-order valence-electron chi connectivity index (χ1n) is 9.65. The maximum Gasteiger partial charge on any atom is 0.241 e. The van der Waals surface area contributed by atoms with Crippen LogP contribution in [0.3, 0.4) is 0 Å². The average Bonchev–Trinajstić information content (AvgIpc) is 2.72. The number of carbonyl (C=O) groups excluding carboxylic acids is 2. The van der Waals surface area contributed by atoms with Crippen LogP contribution >= 0.6 is 0 Å². The van der Waals surface area contributed by atoms with Crippen molar-refractivity contribution < 1.29 is 14.3 Å². The lowest BCUT2D eigenvalue weighted by molar-refractivity contribution is -0.121. The summed E-state index contributed by atoms with van der Waals surface area (Å²) < 4.78 is 5.18. The van der Waals surface area contributed by atoms with Crippen molar-refractivity contribution >= 4 is 23.2 Å². The molecule has 1 N–H and O–H groups in total. The van der Waals surface area contributed by atoms with Gasteiger partial charge in [0, 0.05) is 24.0 Å². The second-order valence-electron chi connectivity index (χ2n) is 6.86. The smallest absolute Gasteiger partial charge is 0.241 e. The van der Waals surface area contributed by atoms with Gasteiger partial charge in [0.25, 0.3) is 0 Å². The van der Waals surface area contributed by atoms with Gasteiger partial charge < -0.3 is 15.0 Å². The van der Waals surface area contributed by atoms with Gasteiger partial charge in [0.15, 0.2) is 0 Å². The number of fused-ring (bicyclic) bond motifs is 1. The third kappa shape index (κ3) is 4.89. The van der Waals surface area contributed by atoms with Crippen LogP contribution in [0.4, 0.5) is 11.4 Å². The molecule has 6 nitrogen and oxygen atoms in total. The fourth-order valence-electron chi connectivity index (χ4n) is 3.45. The molecule has 148 valence electrons. The third-order valence-corrected chi connectivity index (χ3v) is 4.94. The zero-order valence-electron chi connectivity index (χ0n) is 16.5. The topological polar surface area (TPSA) is 61.9 Å². The van der Waals surface area contributed by atoms with Crippen molar-refractivity contribution in [1.29, 1.82) is 0 Å². The Morgan fingerprint density at radius 2 is 1.96 bits per heavy atom. The van der Waals surface area contributed by atoms with Crippen molar-refractivity contribution in [3.8, 4) is 5.75 Å². The highest BCUT2D eigenvalue weighted by Gasteiger charge is 2.24. The molecule has 0 bridgehead atoms. The Balaban J connectivity index is 1.59. The first-order valence-corrected chi connectivity index (χ1v) is 9.65. The van der Waals surface area contributed by atoms with Gasteiger partial charge in [0.1, 0.15) is 5.75 Å². The lowest BCUT2D eigenvalue weighted by Crippen LogP contribution is -2.44. The predicted octanol–water partition coefficient (Wildman–Crippen LogP) is 2.94. The Morgan fingerprint density at radius 3 is 2.75 bits per heavy atom. The summed E-state index contributed by atoms with van der Waals surface area (Å²) in [5.74, 6) is 0.564. The number of likely N-dealkylation sites (N-methyl/N-ethyl adjacent to an activating group) is 1. The SMILES string of the molecule is CCN(CC(=O)Nc1cccc(OC)c1)CC(=O)N1CCCc2ccccc21. The normalized spacial score (nSPS) is 13.2. The minimum absolute atomic E-state index is 0.0307. The molecule has 0 fully saturated rings. The Hall–Kier alpha value is -2.86. The molecule has 3 rings (SSSR count). The number of para-hydroxylation sites is 1. The number of carbonyl (C=O) groups is 2. The summed E-state index contributed by atoms with van der Waals surface area (Å²) in [6.07, 6.45) is 1.96. The number of methoxy groups -OCH3 is 1. The molecule has 2 aromatic rings. The van der Waals surface area contributed by atoms with Crippen molar-refractivity contribution in [2.45, 2.75) is 19.8 Å². The number of rotatable bonds is 7. The summed E-state index contributed by atoms with van der Waals surface area (Å²) in [6.45, 7) is 3.68. The van der Waals surface area contributed by atoms with Gasteiger partial charge in [-0.3, -0.25) is 14.5 Å². The maximum absolute atomic E-state index is 12.9. The van der Waals surface area contributed by atoms with Crippen LogP contribution in [0.5, 0.6) is 5.75 Å². The standard InChI is InChI=1S/C22H27N3O3/c1-3-24(15-21(26)23-18-10-6-11-19(14-18)28-2)16-22(27)25-13-7-9-17-8-4-5-12-20(17)25/h4-6,8,10-12,14H,3,7,9,13,15-16H2,1-2H3,(H,23,26). The molecule has 0 radical (unpaired) electrons. The molecule has 0 spiro atoms. The molecular weight excluding hydrogens is 354 g/mol. The molecule has 2 amide bonds. The fourth-order valence-corrected chi connectivity index (χ4v) is 3.45. The molecule has 0 unspecified atom stereocenters. The van der Waals surface area contributed by atoms with E-state index < -0.39 is 0 Å². The van der Waals surface area contributed by atoms with Crippen molar-refractivity contribution in [1.82, 2.24) is 4.90 Å². The van der Waals surface area contributed by atoms with E-state index in [2.05, 4.69) is 11.4 Å². The van der Waals surface area contributed by atoms with E-state index in [0.717, 1.165) is 25.1 Å². The van der Waals surface area contributed by atoms with E-state index in [1.165, 1.54) is 5.56 Å². The Morgan fingerprint density at radius 1 is 1.14 bits per heavy atom. The first-order chi connectivity index (χ1) is 13.6. The number of hydrogen-bond donors (Lipinski definition) is 1. The Kier molecular flexibility index (Phi) is 6.66.